The zero-order valence-corrected chi connectivity index (χ0v) is 14.7. The number of nitro groups is 1. The van der Waals surface area contributed by atoms with Crippen LogP contribution in [0.2, 0.25) is 0 Å². The van der Waals surface area contributed by atoms with Crippen LogP contribution < -0.4 is 15.4 Å². The van der Waals surface area contributed by atoms with Gasteiger partial charge in [0.25, 0.3) is 5.69 Å². The highest BCUT2D eigenvalue weighted by Crippen LogP contribution is 2.32. The summed E-state index contributed by atoms with van der Waals surface area (Å²) in [7, 11) is 1.29. The summed E-state index contributed by atoms with van der Waals surface area (Å²) >= 11 is 0. The van der Waals surface area contributed by atoms with Crippen molar-refractivity contribution in [3.8, 4) is 5.75 Å². The number of hydrogen-bond acceptors (Lipinski definition) is 5. The van der Waals surface area contributed by atoms with Gasteiger partial charge < -0.3 is 15.4 Å². The number of amides is 1. The van der Waals surface area contributed by atoms with Crippen molar-refractivity contribution < 1.29 is 18.8 Å². The van der Waals surface area contributed by atoms with Crippen molar-refractivity contribution in [3.63, 3.8) is 0 Å². The lowest BCUT2D eigenvalue weighted by Gasteiger charge is -2.11. The number of nitrogens with zero attached hydrogens (tertiary/aromatic N) is 1. The Morgan fingerprint density at radius 3 is 2.46 bits per heavy atom. The van der Waals surface area contributed by atoms with Gasteiger partial charge in [-0.25, -0.2) is 4.39 Å². The maximum atomic E-state index is 13.7. The van der Waals surface area contributed by atoms with E-state index in [1.54, 1.807) is 38.1 Å². The number of halogens is 1. The van der Waals surface area contributed by atoms with Crippen LogP contribution in [0.3, 0.4) is 0 Å². The third-order valence-electron chi connectivity index (χ3n) is 3.70. The van der Waals surface area contributed by atoms with Gasteiger partial charge in [0.15, 0.2) is 11.6 Å². The van der Waals surface area contributed by atoms with E-state index in [4.69, 9.17) is 4.74 Å². The smallest absolute Gasteiger partial charge is 0.295 e. The molecular weight excluding hydrogens is 341 g/mol. The van der Waals surface area contributed by atoms with Crippen LogP contribution >= 0.6 is 0 Å². The highest BCUT2D eigenvalue weighted by atomic mass is 19.1. The Labute approximate surface area is 150 Å². The molecule has 0 fully saturated rings. The third kappa shape index (κ3) is 4.69. The highest BCUT2D eigenvalue weighted by Gasteiger charge is 2.18. The van der Waals surface area contributed by atoms with E-state index in [0.29, 0.717) is 5.69 Å². The number of benzene rings is 2. The summed E-state index contributed by atoms with van der Waals surface area (Å²) in [6, 6.07) is 9.15. The maximum absolute atomic E-state index is 13.7. The molecule has 2 aromatic rings. The van der Waals surface area contributed by atoms with Crippen molar-refractivity contribution >= 4 is 23.0 Å². The fourth-order valence-corrected chi connectivity index (χ4v) is 2.18. The van der Waals surface area contributed by atoms with Gasteiger partial charge in [-0.15, -0.1) is 0 Å². The number of ether oxygens (including phenoxy) is 1. The van der Waals surface area contributed by atoms with Crippen molar-refractivity contribution in [1.82, 2.24) is 0 Å². The molecule has 0 aliphatic rings. The quantitative estimate of drug-likeness (QED) is 0.575. The van der Waals surface area contributed by atoms with E-state index in [9.17, 15) is 19.3 Å². The average Bonchev–Trinajstić information content (AvgIpc) is 2.61. The second kappa shape index (κ2) is 8.28. The van der Waals surface area contributed by atoms with Crippen molar-refractivity contribution in [1.29, 1.82) is 0 Å². The lowest BCUT2D eigenvalue weighted by molar-refractivity contribution is -0.384. The molecule has 2 N–H and O–H groups in total. The molecule has 0 atom stereocenters. The van der Waals surface area contributed by atoms with Crippen LogP contribution in [0.5, 0.6) is 5.75 Å². The predicted molar refractivity (Wildman–Crippen MR) is 96.8 cm³/mol. The van der Waals surface area contributed by atoms with E-state index in [-0.39, 0.29) is 35.5 Å². The second-order valence-corrected chi connectivity index (χ2v) is 5.96. The van der Waals surface area contributed by atoms with E-state index < -0.39 is 10.7 Å². The molecule has 2 aromatic carbocycles. The van der Waals surface area contributed by atoms with Gasteiger partial charge in [0.1, 0.15) is 5.69 Å². The highest BCUT2D eigenvalue weighted by molar-refractivity contribution is 5.92. The van der Waals surface area contributed by atoms with E-state index in [0.717, 1.165) is 11.6 Å². The van der Waals surface area contributed by atoms with E-state index in [1.807, 2.05) is 0 Å². The lowest BCUT2D eigenvalue weighted by atomic mass is 10.1. The molecule has 0 saturated heterocycles. The fourth-order valence-electron chi connectivity index (χ4n) is 2.18. The minimum Gasteiger partial charge on any atom is -0.494 e. The Balaban J connectivity index is 2.11. The minimum atomic E-state index is -0.796. The Hall–Kier alpha value is -3.16. The normalized spacial score (nSPS) is 10.5. The molecule has 0 heterocycles. The van der Waals surface area contributed by atoms with Crippen molar-refractivity contribution in [3.05, 3.63) is 57.9 Å². The standard InChI is InChI=1S/C18H20FN3O4/c1-11(2)18(23)21-13-6-4-12(5-7-13)10-20-15-9-17(26-3)14(19)8-16(15)22(24)25/h4-9,11,20H,10H2,1-3H3,(H,21,23). The molecule has 0 aliphatic carbocycles. The summed E-state index contributed by atoms with van der Waals surface area (Å²) in [5, 5.41) is 16.8. The van der Waals surface area contributed by atoms with Crippen LogP contribution in [-0.2, 0) is 11.3 Å². The first-order valence-electron chi connectivity index (χ1n) is 7.97. The van der Waals surface area contributed by atoms with Crippen molar-refractivity contribution in [2.75, 3.05) is 17.7 Å². The van der Waals surface area contributed by atoms with E-state index in [1.165, 1.54) is 13.2 Å². The average molecular weight is 361 g/mol. The number of carbonyl (C=O) groups excluding carboxylic acids is 1. The summed E-state index contributed by atoms with van der Waals surface area (Å²) < 4.78 is 18.5. The van der Waals surface area contributed by atoms with Gasteiger partial charge >= 0.3 is 0 Å². The van der Waals surface area contributed by atoms with Crippen molar-refractivity contribution in [2.24, 2.45) is 5.92 Å². The molecule has 0 spiro atoms. The molecule has 8 heteroatoms. The molecule has 138 valence electrons. The molecule has 0 saturated carbocycles. The predicted octanol–water partition coefficient (Wildman–Crippen LogP) is 3.95. The molecule has 0 aromatic heterocycles. The number of hydrogen-bond donors (Lipinski definition) is 2. The summed E-state index contributed by atoms with van der Waals surface area (Å²) in [6.45, 7) is 3.89. The van der Waals surface area contributed by atoms with Gasteiger partial charge in [-0.05, 0) is 17.7 Å². The SMILES string of the molecule is COc1cc(NCc2ccc(NC(=O)C(C)C)cc2)c([N+](=O)[O-])cc1F. The van der Waals surface area contributed by atoms with Crippen LogP contribution in [0.25, 0.3) is 0 Å². The number of anilines is 2. The Kier molecular flexibility index (Phi) is 6.11. The zero-order valence-electron chi connectivity index (χ0n) is 14.7. The van der Waals surface area contributed by atoms with Crippen LogP contribution in [0.15, 0.2) is 36.4 Å². The molecular formula is C18H20FN3O4. The summed E-state index contributed by atoms with van der Waals surface area (Å²) in [5.74, 6) is -1.07. The molecule has 0 unspecified atom stereocenters. The van der Waals surface area contributed by atoms with Crippen LogP contribution in [0, 0.1) is 21.8 Å². The molecule has 26 heavy (non-hydrogen) atoms. The van der Waals surface area contributed by atoms with Gasteiger partial charge in [-0.1, -0.05) is 26.0 Å². The maximum Gasteiger partial charge on any atom is 0.295 e. The molecule has 1 amide bonds. The number of carbonyl (C=O) groups is 1. The fraction of sp³-hybridized carbons (Fsp3) is 0.278. The Morgan fingerprint density at radius 1 is 1.27 bits per heavy atom. The summed E-state index contributed by atoms with van der Waals surface area (Å²) in [5.41, 5.74) is 1.29. The van der Waals surface area contributed by atoms with Crippen LogP contribution in [-0.4, -0.2) is 17.9 Å². The van der Waals surface area contributed by atoms with Crippen molar-refractivity contribution in [2.45, 2.75) is 20.4 Å². The zero-order chi connectivity index (χ0) is 19.3. The number of nitrogens with one attached hydrogen (secondary N) is 2. The first-order valence-corrected chi connectivity index (χ1v) is 7.97. The topological polar surface area (TPSA) is 93.5 Å². The number of nitro benzene ring substituents is 1. The molecule has 0 aliphatic heterocycles. The number of rotatable bonds is 7. The monoisotopic (exact) mass is 361 g/mol. The van der Waals surface area contributed by atoms with Gasteiger partial charge in [-0.3, -0.25) is 14.9 Å². The van der Waals surface area contributed by atoms with Crippen LogP contribution in [0.4, 0.5) is 21.5 Å². The molecule has 2 rings (SSSR count). The largest absolute Gasteiger partial charge is 0.494 e. The van der Waals surface area contributed by atoms with E-state index in [2.05, 4.69) is 10.6 Å². The Morgan fingerprint density at radius 2 is 1.92 bits per heavy atom. The van der Waals surface area contributed by atoms with Gasteiger partial charge in [0.05, 0.1) is 18.1 Å². The number of methoxy groups -OCH3 is 1. The first kappa shape index (κ1) is 19.2. The van der Waals surface area contributed by atoms with Gasteiger partial charge in [-0.2, -0.15) is 0 Å². The van der Waals surface area contributed by atoms with Gasteiger partial charge in [0, 0.05) is 24.2 Å². The minimum absolute atomic E-state index is 0.0788. The first-order chi connectivity index (χ1) is 12.3. The Bertz CT molecular complexity index is 807. The molecule has 0 radical (unpaired) electrons. The van der Waals surface area contributed by atoms with E-state index >= 15 is 0 Å². The molecule has 7 nitrogen and oxygen atoms in total. The van der Waals surface area contributed by atoms with Gasteiger partial charge in [0.2, 0.25) is 5.91 Å². The molecule has 0 bridgehead atoms. The van der Waals surface area contributed by atoms with Crippen LogP contribution in [0.1, 0.15) is 19.4 Å². The second-order valence-electron chi connectivity index (χ2n) is 5.96. The third-order valence-corrected chi connectivity index (χ3v) is 3.70. The summed E-state index contributed by atoms with van der Waals surface area (Å²) in [6.07, 6.45) is 0. The lowest BCUT2D eigenvalue weighted by Crippen LogP contribution is -2.17. The summed E-state index contributed by atoms with van der Waals surface area (Å²) in [4.78, 5) is 22.1.